The first-order valence-corrected chi connectivity index (χ1v) is 17.3. The smallest absolute Gasteiger partial charge is 0.410 e. The number of likely N-dealkylation sites (N-methyl/N-ethyl adjacent to an activating group) is 1. The number of rotatable bonds is 7. The molecule has 12 nitrogen and oxygen atoms in total. The van der Waals surface area contributed by atoms with Crippen LogP contribution < -0.4 is 5.69 Å². The highest BCUT2D eigenvalue weighted by Crippen LogP contribution is 2.26. The van der Waals surface area contributed by atoms with Gasteiger partial charge in [0.1, 0.15) is 0 Å². The van der Waals surface area contributed by atoms with E-state index in [4.69, 9.17) is 4.74 Å². The number of piperidine rings is 2. The summed E-state index contributed by atoms with van der Waals surface area (Å²) in [5.74, 6) is -0.132. The zero-order chi connectivity index (χ0) is 33.2. The molecule has 7 rings (SSSR count). The van der Waals surface area contributed by atoms with E-state index in [-0.39, 0.29) is 17.6 Å². The number of carbonyl (C=O) groups is 2. The van der Waals surface area contributed by atoms with Crippen molar-refractivity contribution in [3.05, 3.63) is 76.5 Å². The second kappa shape index (κ2) is 14.0. The van der Waals surface area contributed by atoms with E-state index in [2.05, 4.69) is 32.0 Å². The molecule has 3 aliphatic heterocycles. The molecular weight excluding hydrogens is 608 g/mol. The fraction of sp³-hybridized carbons (Fsp3) is 0.500. The van der Waals surface area contributed by atoms with Crippen LogP contribution in [0.3, 0.4) is 0 Å². The van der Waals surface area contributed by atoms with Crippen LogP contribution in [-0.4, -0.2) is 123 Å². The van der Waals surface area contributed by atoms with Gasteiger partial charge in [-0.2, -0.15) is 5.10 Å². The van der Waals surface area contributed by atoms with E-state index in [1.54, 1.807) is 15.7 Å². The number of nitrogens with zero attached hydrogens (tertiary/aromatic N) is 6. The molecule has 2 aromatic heterocycles. The Morgan fingerprint density at radius 1 is 0.917 bits per heavy atom. The summed E-state index contributed by atoms with van der Waals surface area (Å²) in [6.45, 7) is 8.49. The van der Waals surface area contributed by atoms with Crippen molar-refractivity contribution in [3.8, 4) is 11.3 Å². The van der Waals surface area contributed by atoms with Crippen LogP contribution in [0.2, 0.25) is 0 Å². The minimum absolute atomic E-state index is 0.0287. The maximum Gasteiger partial charge on any atom is 0.410 e. The number of hydrogen-bond acceptors (Lipinski definition) is 7. The van der Waals surface area contributed by atoms with Crippen molar-refractivity contribution in [2.45, 2.75) is 57.2 Å². The number of likely N-dealkylation sites (tertiary alicyclic amines) is 2. The van der Waals surface area contributed by atoms with E-state index in [0.717, 1.165) is 72.3 Å². The van der Waals surface area contributed by atoms with Gasteiger partial charge in [-0.15, -0.1) is 0 Å². The number of imidazole rings is 1. The van der Waals surface area contributed by atoms with Gasteiger partial charge in [0.2, 0.25) is 0 Å². The van der Waals surface area contributed by atoms with Gasteiger partial charge in [0.15, 0.2) is 6.10 Å². The minimum atomic E-state index is -0.931. The Kier molecular flexibility index (Phi) is 9.36. The molecule has 4 aromatic rings. The molecule has 254 valence electrons. The maximum atomic E-state index is 14.1. The first-order valence-electron chi connectivity index (χ1n) is 17.3. The topological polar surface area (TPSA) is 123 Å². The van der Waals surface area contributed by atoms with Gasteiger partial charge >= 0.3 is 11.8 Å². The summed E-state index contributed by atoms with van der Waals surface area (Å²) >= 11 is 0. The number of nitrogens with one attached hydrogen (secondary N) is 2. The fourth-order valence-electron chi connectivity index (χ4n) is 7.63. The highest BCUT2D eigenvalue weighted by molar-refractivity contribution is 5.85. The summed E-state index contributed by atoms with van der Waals surface area (Å²) in [5, 5.41) is 8.18. The minimum Gasteiger partial charge on any atom is -0.436 e. The first kappa shape index (κ1) is 32.1. The highest BCUT2D eigenvalue weighted by atomic mass is 16.6. The van der Waals surface area contributed by atoms with Gasteiger partial charge in [-0.25, -0.2) is 9.59 Å². The van der Waals surface area contributed by atoms with Gasteiger partial charge in [0, 0.05) is 82.4 Å². The van der Waals surface area contributed by atoms with Gasteiger partial charge in [-0.1, -0.05) is 36.4 Å². The van der Waals surface area contributed by atoms with Crippen molar-refractivity contribution in [1.29, 1.82) is 0 Å². The third kappa shape index (κ3) is 6.91. The average Bonchev–Trinajstić information content (AvgIpc) is 3.76. The monoisotopic (exact) mass is 654 g/mol. The molecule has 2 amide bonds. The summed E-state index contributed by atoms with van der Waals surface area (Å²) in [4.78, 5) is 52.0. The molecule has 2 aromatic carbocycles. The Morgan fingerprint density at radius 2 is 1.60 bits per heavy atom. The van der Waals surface area contributed by atoms with E-state index in [9.17, 15) is 14.4 Å². The number of ether oxygens (including phenoxy) is 1. The van der Waals surface area contributed by atoms with E-state index < -0.39 is 12.2 Å². The summed E-state index contributed by atoms with van der Waals surface area (Å²) in [5.41, 5.74) is 4.50. The van der Waals surface area contributed by atoms with Crippen LogP contribution in [0.5, 0.6) is 0 Å². The summed E-state index contributed by atoms with van der Waals surface area (Å²) in [7, 11) is 2.17. The van der Waals surface area contributed by atoms with Crippen molar-refractivity contribution in [1.82, 2.24) is 39.3 Å². The molecule has 0 bridgehead atoms. The van der Waals surface area contributed by atoms with Crippen molar-refractivity contribution < 1.29 is 14.3 Å². The van der Waals surface area contributed by atoms with Crippen molar-refractivity contribution in [2.75, 3.05) is 59.4 Å². The second-order valence-electron chi connectivity index (χ2n) is 13.7. The molecule has 3 fully saturated rings. The Hall–Kier alpha value is -4.42. The first-order chi connectivity index (χ1) is 23.3. The van der Waals surface area contributed by atoms with Crippen LogP contribution in [-0.2, 0) is 16.0 Å². The zero-order valence-corrected chi connectivity index (χ0v) is 27.9. The molecule has 48 heavy (non-hydrogen) atoms. The largest absolute Gasteiger partial charge is 0.436 e. The normalized spacial score (nSPS) is 19.5. The lowest BCUT2D eigenvalue weighted by molar-refractivity contribution is -0.142. The number of aryl methyl sites for hydroxylation is 1. The number of H-pyrrole nitrogens is 2. The van der Waals surface area contributed by atoms with Gasteiger partial charge in [0.25, 0.3) is 5.91 Å². The molecule has 2 N–H and O–H groups in total. The Morgan fingerprint density at radius 3 is 2.33 bits per heavy atom. The lowest BCUT2D eigenvalue weighted by Gasteiger charge is -2.42. The third-order valence-corrected chi connectivity index (χ3v) is 10.5. The lowest BCUT2D eigenvalue weighted by Crippen LogP contribution is -2.54. The van der Waals surface area contributed by atoms with Crippen molar-refractivity contribution in [3.63, 3.8) is 0 Å². The van der Waals surface area contributed by atoms with Crippen LogP contribution in [0.15, 0.2) is 59.7 Å². The van der Waals surface area contributed by atoms with E-state index in [1.165, 1.54) is 0 Å². The standard InChI is InChI=1S/C36H46N8O4/c1-25-20-26(21-28-23-37-39-33(25)28)22-32(34(45)42-12-8-29(9-13-42)41-18-16-40(2)17-19-41)48-36(47)43-14-10-30(11-15-43)44-24-31(38-35(44)46)27-6-4-3-5-7-27/h3-7,20-21,23-24,29-30,32H,8-19,22H2,1-2H3,(H,37,39)(H,38,46). The van der Waals surface area contributed by atoms with Crippen LogP contribution in [0.4, 0.5) is 4.79 Å². The molecule has 0 aliphatic carbocycles. The summed E-state index contributed by atoms with van der Waals surface area (Å²) < 4.78 is 7.85. The van der Waals surface area contributed by atoms with Gasteiger partial charge < -0.3 is 24.4 Å². The molecule has 5 heterocycles. The number of fused-ring (bicyclic) bond motifs is 1. The van der Waals surface area contributed by atoms with E-state index >= 15 is 0 Å². The Labute approximate surface area is 280 Å². The highest BCUT2D eigenvalue weighted by Gasteiger charge is 2.35. The van der Waals surface area contributed by atoms with E-state index in [0.29, 0.717) is 51.5 Å². The molecule has 3 saturated heterocycles. The summed E-state index contributed by atoms with van der Waals surface area (Å²) in [6.07, 6.45) is 5.62. The predicted octanol–water partition coefficient (Wildman–Crippen LogP) is 3.65. The van der Waals surface area contributed by atoms with Crippen molar-refractivity contribution >= 4 is 22.9 Å². The molecule has 12 heteroatoms. The van der Waals surface area contributed by atoms with Gasteiger partial charge in [0.05, 0.1) is 17.4 Å². The number of amides is 2. The molecular formula is C36H46N8O4. The number of aromatic amines is 2. The van der Waals surface area contributed by atoms with Crippen LogP contribution in [0.25, 0.3) is 22.2 Å². The Balaban J connectivity index is 1.01. The lowest BCUT2D eigenvalue weighted by atomic mass is 9.99. The average molecular weight is 655 g/mol. The predicted molar refractivity (Wildman–Crippen MR) is 184 cm³/mol. The molecule has 3 aliphatic rings. The zero-order valence-electron chi connectivity index (χ0n) is 27.9. The molecule has 1 atom stereocenters. The van der Waals surface area contributed by atoms with Crippen molar-refractivity contribution in [2.24, 2.45) is 0 Å². The fourth-order valence-corrected chi connectivity index (χ4v) is 7.63. The molecule has 0 saturated carbocycles. The Bertz CT molecular complexity index is 1770. The number of hydrogen-bond donors (Lipinski definition) is 2. The van der Waals surface area contributed by atoms with Gasteiger partial charge in [-0.05, 0) is 62.4 Å². The van der Waals surface area contributed by atoms with Gasteiger partial charge in [-0.3, -0.25) is 19.4 Å². The third-order valence-electron chi connectivity index (χ3n) is 10.5. The number of benzene rings is 2. The van der Waals surface area contributed by atoms with E-state index in [1.807, 2.05) is 60.5 Å². The SMILES string of the molecule is Cc1cc(CC(OC(=O)N2CCC(n3cc(-c4ccccc4)[nH]c3=O)CC2)C(=O)N2CCC(N3CCN(C)CC3)CC2)cc2cn[nH]c12. The number of aromatic nitrogens is 4. The maximum absolute atomic E-state index is 14.1. The van der Waals surface area contributed by atoms with Crippen LogP contribution in [0.1, 0.15) is 42.9 Å². The quantitative estimate of drug-likeness (QED) is 0.312. The number of carbonyl (C=O) groups excluding carboxylic acids is 2. The van der Waals surface area contributed by atoms with Crippen LogP contribution in [0, 0.1) is 6.92 Å². The second-order valence-corrected chi connectivity index (χ2v) is 13.7. The molecule has 0 spiro atoms. The van der Waals surface area contributed by atoms with Crippen LogP contribution >= 0.6 is 0 Å². The molecule has 0 radical (unpaired) electrons. The molecule has 1 unspecified atom stereocenters. The summed E-state index contributed by atoms with van der Waals surface area (Å²) in [6, 6.07) is 14.3. The number of piperazine rings is 1.